The molecule has 1 saturated heterocycles. The molecule has 0 radical (unpaired) electrons. The zero-order chi connectivity index (χ0) is 13.8. The Kier molecular flexibility index (Phi) is 4.22. The second-order valence-electron chi connectivity index (χ2n) is 4.57. The van der Waals surface area contributed by atoms with Gasteiger partial charge < -0.3 is 14.7 Å². The summed E-state index contributed by atoms with van der Waals surface area (Å²) in [5.41, 5.74) is 1.02. The molecule has 5 nitrogen and oxygen atoms in total. The van der Waals surface area contributed by atoms with Crippen LogP contribution < -0.4 is 10.2 Å². The second-order valence-corrected chi connectivity index (χ2v) is 5.87. The Balaban J connectivity index is 1.86. The van der Waals surface area contributed by atoms with Crippen molar-refractivity contribution in [1.82, 2.24) is 15.5 Å². The van der Waals surface area contributed by atoms with Crippen LogP contribution in [0.15, 0.2) is 33.7 Å². The minimum Gasteiger partial charge on any atom is -0.336 e. The minimum atomic E-state index is 0.607. The SMILES string of the molecule is CCSc1ccccc1-c1nc(N2CCNCC2)no1. The summed E-state index contributed by atoms with van der Waals surface area (Å²) in [5.74, 6) is 2.32. The van der Waals surface area contributed by atoms with Crippen molar-refractivity contribution in [3.05, 3.63) is 24.3 Å². The molecule has 6 heteroatoms. The van der Waals surface area contributed by atoms with E-state index in [0.717, 1.165) is 37.5 Å². The molecule has 0 unspecified atom stereocenters. The van der Waals surface area contributed by atoms with E-state index in [0.29, 0.717) is 11.8 Å². The van der Waals surface area contributed by atoms with E-state index in [1.54, 1.807) is 11.8 Å². The van der Waals surface area contributed by atoms with Crippen LogP contribution in [0.1, 0.15) is 6.92 Å². The third kappa shape index (κ3) is 2.81. The van der Waals surface area contributed by atoms with Gasteiger partial charge in [0.25, 0.3) is 11.8 Å². The first-order valence-electron chi connectivity index (χ1n) is 6.90. The summed E-state index contributed by atoms with van der Waals surface area (Å²) < 4.78 is 5.45. The van der Waals surface area contributed by atoms with Crippen molar-refractivity contribution in [1.29, 1.82) is 0 Å². The van der Waals surface area contributed by atoms with Crippen molar-refractivity contribution in [2.24, 2.45) is 0 Å². The van der Waals surface area contributed by atoms with Crippen LogP contribution in [-0.4, -0.2) is 42.1 Å². The second kappa shape index (κ2) is 6.28. The molecule has 0 aliphatic carbocycles. The average Bonchev–Trinajstić information content (AvgIpc) is 2.99. The zero-order valence-corrected chi connectivity index (χ0v) is 12.3. The fourth-order valence-electron chi connectivity index (χ4n) is 2.24. The summed E-state index contributed by atoms with van der Waals surface area (Å²) in [4.78, 5) is 7.89. The smallest absolute Gasteiger partial charge is 0.266 e. The molecule has 1 aromatic carbocycles. The lowest BCUT2D eigenvalue weighted by molar-refractivity contribution is 0.426. The number of anilines is 1. The molecule has 0 amide bonds. The van der Waals surface area contributed by atoms with Crippen molar-refractivity contribution in [3.8, 4) is 11.5 Å². The van der Waals surface area contributed by atoms with Crippen LogP contribution in [-0.2, 0) is 0 Å². The van der Waals surface area contributed by atoms with Crippen molar-refractivity contribution in [2.75, 3.05) is 36.8 Å². The molecule has 106 valence electrons. The molecule has 0 bridgehead atoms. The summed E-state index contributed by atoms with van der Waals surface area (Å²) in [7, 11) is 0. The highest BCUT2D eigenvalue weighted by Crippen LogP contribution is 2.31. The first-order chi connectivity index (χ1) is 9.88. The molecule has 2 aromatic rings. The standard InChI is InChI=1S/C14H18N4OS/c1-2-20-12-6-4-3-5-11(12)13-16-14(17-19-13)18-9-7-15-8-10-18/h3-6,15H,2,7-10H2,1H3. The van der Waals surface area contributed by atoms with Crippen molar-refractivity contribution < 1.29 is 4.52 Å². The lowest BCUT2D eigenvalue weighted by Gasteiger charge is -2.25. The highest BCUT2D eigenvalue weighted by molar-refractivity contribution is 7.99. The number of piperazine rings is 1. The fourth-order valence-corrected chi connectivity index (χ4v) is 3.04. The van der Waals surface area contributed by atoms with Gasteiger partial charge in [-0.15, -0.1) is 11.8 Å². The quantitative estimate of drug-likeness (QED) is 0.872. The fraction of sp³-hybridized carbons (Fsp3) is 0.429. The maximum atomic E-state index is 5.45. The van der Waals surface area contributed by atoms with Gasteiger partial charge in [-0.2, -0.15) is 4.98 Å². The Morgan fingerprint density at radius 2 is 2.10 bits per heavy atom. The molecule has 1 aromatic heterocycles. The highest BCUT2D eigenvalue weighted by atomic mass is 32.2. The Morgan fingerprint density at radius 1 is 1.30 bits per heavy atom. The molecule has 1 fully saturated rings. The Bertz CT molecular complexity index is 566. The molecule has 0 saturated carbocycles. The van der Waals surface area contributed by atoms with E-state index in [2.05, 4.69) is 33.3 Å². The van der Waals surface area contributed by atoms with E-state index >= 15 is 0 Å². The van der Waals surface area contributed by atoms with Gasteiger partial charge in [-0.05, 0) is 23.0 Å². The molecule has 1 aliphatic heterocycles. The number of hydrogen-bond acceptors (Lipinski definition) is 6. The maximum Gasteiger partial charge on any atom is 0.266 e. The Morgan fingerprint density at radius 3 is 2.90 bits per heavy atom. The van der Waals surface area contributed by atoms with Crippen molar-refractivity contribution in [2.45, 2.75) is 11.8 Å². The van der Waals surface area contributed by atoms with Gasteiger partial charge in [-0.1, -0.05) is 19.1 Å². The largest absolute Gasteiger partial charge is 0.336 e. The van der Waals surface area contributed by atoms with Gasteiger partial charge in [0, 0.05) is 31.1 Å². The summed E-state index contributed by atoms with van der Waals surface area (Å²) in [6, 6.07) is 8.17. The van der Waals surface area contributed by atoms with Crippen molar-refractivity contribution in [3.63, 3.8) is 0 Å². The molecule has 2 heterocycles. The summed E-state index contributed by atoms with van der Waals surface area (Å²) in [6.07, 6.45) is 0. The van der Waals surface area contributed by atoms with Gasteiger partial charge in [-0.25, -0.2) is 0 Å². The number of aromatic nitrogens is 2. The van der Waals surface area contributed by atoms with Gasteiger partial charge in [0.1, 0.15) is 0 Å². The zero-order valence-electron chi connectivity index (χ0n) is 11.5. The van der Waals surface area contributed by atoms with E-state index in [4.69, 9.17) is 4.52 Å². The molecule has 1 aliphatic rings. The number of thioether (sulfide) groups is 1. The van der Waals surface area contributed by atoms with E-state index in [1.165, 1.54) is 4.90 Å². The number of rotatable bonds is 4. The predicted octanol–water partition coefficient (Wildman–Crippen LogP) is 2.26. The number of benzene rings is 1. The van der Waals surface area contributed by atoms with Crippen LogP contribution in [0.4, 0.5) is 5.95 Å². The third-order valence-electron chi connectivity index (χ3n) is 3.23. The number of nitrogens with one attached hydrogen (secondary N) is 1. The molecule has 0 atom stereocenters. The Hall–Kier alpha value is -1.53. The van der Waals surface area contributed by atoms with Gasteiger partial charge in [0.15, 0.2) is 0 Å². The first-order valence-corrected chi connectivity index (χ1v) is 7.88. The van der Waals surface area contributed by atoms with E-state index in [9.17, 15) is 0 Å². The van der Waals surface area contributed by atoms with E-state index < -0.39 is 0 Å². The van der Waals surface area contributed by atoms with Crippen LogP contribution in [0.5, 0.6) is 0 Å². The minimum absolute atomic E-state index is 0.607. The average molecular weight is 290 g/mol. The molecule has 20 heavy (non-hydrogen) atoms. The normalized spacial score (nSPS) is 15.6. The first kappa shape index (κ1) is 13.5. The Labute approximate surface area is 122 Å². The third-order valence-corrected chi connectivity index (χ3v) is 4.19. The lowest BCUT2D eigenvalue weighted by Crippen LogP contribution is -2.44. The van der Waals surface area contributed by atoms with E-state index in [-0.39, 0.29) is 0 Å². The van der Waals surface area contributed by atoms with Gasteiger partial charge in [-0.3, -0.25) is 0 Å². The molecule has 1 N–H and O–H groups in total. The number of hydrogen-bond donors (Lipinski definition) is 1. The van der Waals surface area contributed by atoms with Crippen LogP contribution >= 0.6 is 11.8 Å². The topological polar surface area (TPSA) is 54.2 Å². The maximum absolute atomic E-state index is 5.45. The molecule has 0 spiro atoms. The summed E-state index contributed by atoms with van der Waals surface area (Å²) in [6.45, 7) is 5.91. The van der Waals surface area contributed by atoms with Crippen LogP contribution in [0.25, 0.3) is 11.5 Å². The van der Waals surface area contributed by atoms with Crippen LogP contribution in [0.2, 0.25) is 0 Å². The van der Waals surface area contributed by atoms with Gasteiger partial charge in [0.2, 0.25) is 0 Å². The van der Waals surface area contributed by atoms with Crippen LogP contribution in [0, 0.1) is 0 Å². The summed E-state index contributed by atoms with van der Waals surface area (Å²) in [5, 5.41) is 7.44. The molecular formula is C14H18N4OS. The monoisotopic (exact) mass is 290 g/mol. The summed E-state index contributed by atoms with van der Waals surface area (Å²) >= 11 is 1.79. The lowest BCUT2D eigenvalue weighted by atomic mass is 10.2. The van der Waals surface area contributed by atoms with Crippen LogP contribution in [0.3, 0.4) is 0 Å². The number of nitrogens with zero attached hydrogens (tertiary/aromatic N) is 3. The highest BCUT2D eigenvalue weighted by Gasteiger charge is 2.18. The van der Waals surface area contributed by atoms with Crippen molar-refractivity contribution >= 4 is 17.7 Å². The van der Waals surface area contributed by atoms with Gasteiger partial charge in [0.05, 0.1) is 5.56 Å². The molecule has 3 rings (SSSR count). The van der Waals surface area contributed by atoms with Gasteiger partial charge >= 0.3 is 0 Å². The predicted molar refractivity (Wildman–Crippen MR) is 81.2 cm³/mol. The van der Waals surface area contributed by atoms with E-state index in [1.807, 2.05) is 18.2 Å². The molecular weight excluding hydrogens is 272 g/mol.